The number of hydrogen-bond donors (Lipinski definition) is 1. The van der Waals surface area contributed by atoms with Gasteiger partial charge >= 0.3 is 0 Å². The fourth-order valence-electron chi connectivity index (χ4n) is 1.83. The van der Waals surface area contributed by atoms with Crippen LogP contribution >= 0.6 is 0 Å². The van der Waals surface area contributed by atoms with Gasteiger partial charge in [-0.1, -0.05) is 19.1 Å². The summed E-state index contributed by atoms with van der Waals surface area (Å²) in [5.41, 5.74) is 1.18. The van der Waals surface area contributed by atoms with Crippen LogP contribution in [0.1, 0.15) is 23.7 Å². The molecule has 0 spiro atoms. The Bertz CT molecular complexity index is 429. The summed E-state index contributed by atoms with van der Waals surface area (Å²) in [6.07, 6.45) is 0.848. The maximum Gasteiger partial charge on any atom is 0.256 e. The number of carbonyl (C=O) groups is 2. The van der Waals surface area contributed by atoms with Crippen molar-refractivity contribution in [3.05, 3.63) is 29.8 Å². The van der Waals surface area contributed by atoms with Gasteiger partial charge < -0.3 is 10.2 Å². The number of nitrogens with zero attached hydrogens (tertiary/aromatic N) is 1. The first-order valence-corrected chi connectivity index (χ1v) is 5.40. The molecular weight excluding hydrogens is 204 g/mol. The molecule has 1 aliphatic heterocycles. The second kappa shape index (κ2) is 4.35. The van der Waals surface area contributed by atoms with Gasteiger partial charge in [0.05, 0.1) is 11.3 Å². The summed E-state index contributed by atoms with van der Waals surface area (Å²) in [4.78, 5) is 25.3. The quantitative estimate of drug-likeness (QED) is 0.817. The number of benzene rings is 1. The number of hydrogen-bond acceptors (Lipinski definition) is 2. The van der Waals surface area contributed by atoms with Crippen LogP contribution in [0.15, 0.2) is 24.3 Å². The summed E-state index contributed by atoms with van der Waals surface area (Å²) in [5.74, 6) is -0.206. The number of carbonyl (C=O) groups excluding carboxylic acids is 2. The Morgan fingerprint density at radius 1 is 1.31 bits per heavy atom. The Balaban J connectivity index is 2.39. The van der Waals surface area contributed by atoms with Crippen LogP contribution < -0.4 is 5.32 Å². The second-order valence-electron chi connectivity index (χ2n) is 3.82. The topological polar surface area (TPSA) is 49.4 Å². The predicted molar refractivity (Wildman–Crippen MR) is 61.3 cm³/mol. The Morgan fingerprint density at radius 2 is 2.06 bits per heavy atom. The molecule has 2 amide bonds. The summed E-state index contributed by atoms with van der Waals surface area (Å²) >= 11 is 0. The van der Waals surface area contributed by atoms with Crippen LogP contribution in [0.3, 0.4) is 0 Å². The highest BCUT2D eigenvalue weighted by Crippen LogP contribution is 2.20. The highest BCUT2D eigenvalue weighted by atomic mass is 16.2. The summed E-state index contributed by atoms with van der Waals surface area (Å²) in [7, 11) is 0. The molecule has 84 valence electrons. The smallest absolute Gasteiger partial charge is 0.256 e. The molecule has 16 heavy (non-hydrogen) atoms. The molecule has 0 aromatic heterocycles. The minimum atomic E-state index is -0.133. The van der Waals surface area contributed by atoms with Crippen molar-refractivity contribution in [2.24, 2.45) is 0 Å². The van der Waals surface area contributed by atoms with E-state index in [2.05, 4.69) is 5.32 Å². The van der Waals surface area contributed by atoms with Gasteiger partial charge in [0, 0.05) is 6.54 Å². The monoisotopic (exact) mass is 218 g/mol. The third-order valence-electron chi connectivity index (χ3n) is 2.55. The van der Waals surface area contributed by atoms with E-state index in [0.717, 1.165) is 6.42 Å². The first kappa shape index (κ1) is 10.7. The Morgan fingerprint density at radius 3 is 2.81 bits per heavy atom. The minimum absolute atomic E-state index is 0.0733. The number of anilines is 1. The van der Waals surface area contributed by atoms with Gasteiger partial charge in [-0.25, -0.2) is 0 Å². The zero-order chi connectivity index (χ0) is 11.5. The molecule has 0 saturated heterocycles. The third kappa shape index (κ3) is 1.91. The van der Waals surface area contributed by atoms with Crippen molar-refractivity contribution in [3.8, 4) is 0 Å². The minimum Gasteiger partial charge on any atom is -0.329 e. The van der Waals surface area contributed by atoms with Crippen molar-refractivity contribution in [1.29, 1.82) is 0 Å². The molecule has 0 atom stereocenters. The van der Waals surface area contributed by atoms with Gasteiger partial charge in [0.1, 0.15) is 6.54 Å². The lowest BCUT2D eigenvalue weighted by molar-refractivity contribution is -0.116. The molecule has 4 heteroatoms. The van der Waals surface area contributed by atoms with Crippen molar-refractivity contribution in [2.75, 3.05) is 18.4 Å². The molecule has 4 nitrogen and oxygen atoms in total. The van der Waals surface area contributed by atoms with E-state index in [-0.39, 0.29) is 18.4 Å². The standard InChI is InChI=1S/C12H14N2O2/c1-2-7-14-8-11(15)13-10-6-4-3-5-9(10)12(14)16/h3-6H,2,7-8H2,1H3,(H,13,15). The van der Waals surface area contributed by atoms with Crippen molar-refractivity contribution in [3.63, 3.8) is 0 Å². The molecule has 1 aromatic rings. The van der Waals surface area contributed by atoms with Crippen molar-refractivity contribution in [1.82, 2.24) is 4.90 Å². The molecule has 1 aromatic carbocycles. The second-order valence-corrected chi connectivity index (χ2v) is 3.82. The third-order valence-corrected chi connectivity index (χ3v) is 2.55. The van der Waals surface area contributed by atoms with Crippen molar-refractivity contribution < 1.29 is 9.59 Å². The molecule has 1 N–H and O–H groups in total. The van der Waals surface area contributed by atoms with E-state index in [1.165, 1.54) is 0 Å². The molecule has 0 saturated carbocycles. The molecule has 1 aliphatic rings. The van der Waals surface area contributed by atoms with Gasteiger partial charge in [0.2, 0.25) is 5.91 Å². The van der Waals surface area contributed by atoms with E-state index in [1.54, 1.807) is 23.1 Å². The van der Waals surface area contributed by atoms with E-state index >= 15 is 0 Å². The highest BCUT2D eigenvalue weighted by Gasteiger charge is 2.24. The number of rotatable bonds is 2. The van der Waals surface area contributed by atoms with Crippen molar-refractivity contribution in [2.45, 2.75) is 13.3 Å². The van der Waals surface area contributed by atoms with Crippen LogP contribution in [0.2, 0.25) is 0 Å². The molecule has 2 rings (SSSR count). The molecule has 0 fully saturated rings. The van der Waals surface area contributed by atoms with Gasteiger partial charge in [-0.2, -0.15) is 0 Å². The number of amides is 2. The summed E-state index contributed by atoms with van der Waals surface area (Å²) in [5, 5.41) is 2.74. The van der Waals surface area contributed by atoms with Crippen LogP contribution in [-0.4, -0.2) is 29.8 Å². The van der Waals surface area contributed by atoms with E-state index < -0.39 is 0 Å². The first-order chi connectivity index (χ1) is 7.72. The fourth-order valence-corrected chi connectivity index (χ4v) is 1.83. The summed E-state index contributed by atoms with van der Waals surface area (Å²) in [6, 6.07) is 7.10. The summed E-state index contributed by atoms with van der Waals surface area (Å²) < 4.78 is 0. The zero-order valence-corrected chi connectivity index (χ0v) is 9.19. The number of para-hydroxylation sites is 1. The average molecular weight is 218 g/mol. The lowest BCUT2D eigenvalue weighted by Crippen LogP contribution is -2.35. The molecule has 0 aliphatic carbocycles. The first-order valence-electron chi connectivity index (χ1n) is 5.40. The molecule has 0 unspecified atom stereocenters. The van der Waals surface area contributed by atoms with Gasteiger partial charge in [-0.05, 0) is 18.6 Å². The zero-order valence-electron chi connectivity index (χ0n) is 9.19. The van der Waals surface area contributed by atoms with Crippen molar-refractivity contribution >= 4 is 17.5 Å². The Hall–Kier alpha value is -1.84. The van der Waals surface area contributed by atoms with Crippen LogP contribution in [0, 0.1) is 0 Å². The van der Waals surface area contributed by atoms with E-state index in [4.69, 9.17) is 0 Å². The fraction of sp³-hybridized carbons (Fsp3) is 0.333. The SMILES string of the molecule is CCCN1CC(=O)Nc2ccccc2C1=O. The van der Waals surface area contributed by atoms with Crippen LogP contribution in [-0.2, 0) is 4.79 Å². The molecule has 0 bridgehead atoms. The summed E-state index contributed by atoms with van der Waals surface area (Å²) in [6.45, 7) is 2.74. The van der Waals surface area contributed by atoms with Crippen LogP contribution in [0.5, 0.6) is 0 Å². The van der Waals surface area contributed by atoms with Gasteiger partial charge in [-0.3, -0.25) is 9.59 Å². The Kier molecular flexibility index (Phi) is 2.90. The number of fused-ring (bicyclic) bond motifs is 1. The highest BCUT2D eigenvalue weighted by molar-refractivity contribution is 6.08. The maximum atomic E-state index is 12.1. The van der Waals surface area contributed by atoms with E-state index in [9.17, 15) is 9.59 Å². The van der Waals surface area contributed by atoms with Gasteiger partial charge in [0.25, 0.3) is 5.91 Å². The lowest BCUT2D eigenvalue weighted by Gasteiger charge is -2.18. The van der Waals surface area contributed by atoms with Crippen LogP contribution in [0.4, 0.5) is 5.69 Å². The molecular formula is C12H14N2O2. The molecule has 0 radical (unpaired) electrons. The largest absolute Gasteiger partial charge is 0.329 e. The number of nitrogens with one attached hydrogen (secondary N) is 1. The van der Waals surface area contributed by atoms with Crippen LogP contribution in [0.25, 0.3) is 0 Å². The average Bonchev–Trinajstić information content (AvgIpc) is 2.38. The van der Waals surface area contributed by atoms with E-state index in [0.29, 0.717) is 17.8 Å². The van der Waals surface area contributed by atoms with E-state index in [1.807, 2.05) is 13.0 Å². The van der Waals surface area contributed by atoms with Gasteiger partial charge in [-0.15, -0.1) is 0 Å². The molecule has 1 heterocycles. The lowest BCUT2D eigenvalue weighted by atomic mass is 10.1. The Labute approximate surface area is 94.2 Å². The van der Waals surface area contributed by atoms with Gasteiger partial charge in [0.15, 0.2) is 0 Å². The predicted octanol–water partition coefficient (Wildman–Crippen LogP) is 1.49. The normalized spacial score (nSPS) is 15.4. The maximum absolute atomic E-state index is 12.1.